The molecule has 176 valence electrons. The van der Waals surface area contributed by atoms with Crippen molar-refractivity contribution in [2.45, 2.75) is 26.2 Å². The Morgan fingerprint density at radius 1 is 1.12 bits per heavy atom. The van der Waals surface area contributed by atoms with Crippen LogP contribution < -0.4 is 14.8 Å². The summed E-state index contributed by atoms with van der Waals surface area (Å²) in [4.78, 5) is 17.4. The first-order valence-corrected chi connectivity index (χ1v) is 12.4. The Morgan fingerprint density at radius 3 is 2.65 bits per heavy atom. The van der Waals surface area contributed by atoms with Gasteiger partial charge in [0.1, 0.15) is 11.5 Å². The molecule has 1 aromatic heterocycles. The maximum Gasteiger partial charge on any atom is 0.252 e. The molecule has 0 saturated heterocycles. The number of benzene rings is 3. The highest BCUT2D eigenvalue weighted by molar-refractivity contribution is 7.18. The minimum atomic E-state index is -0.301. The van der Waals surface area contributed by atoms with E-state index >= 15 is 0 Å². The highest BCUT2D eigenvalue weighted by Gasteiger charge is 2.19. The van der Waals surface area contributed by atoms with Gasteiger partial charge in [0.25, 0.3) is 5.91 Å². The van der Waals surface area contributed by atoms with Crippen LogP contribution in [-0.4, -0.2) is 24.5 Å². The van der Waals surface area contributed by atoms with E-state index in [2.05, 4.69) is 24.1 Å². The van der Waals surface area contributed by atoms with Gasteiger partial charge in [0.05, 0.1) is 37.9 Å². The molecular weight excluding hydrogens is 491 g/mol. The van der Waals surface area contributed by atoms with Crippen LogP contribution in [0.15, 0.2) is 54.6 Å². The van der Waals surface area contributed by atoms with Crippen LogP contribution in [0.3, 0.4) is 0 Å². The van der Waals surface area contributed by atoms with E-state index < -0.39 is 0 Å². The summed E-state index contributed by atoms with van der Waals surface area (Å²) in [5.74, 6) is 1.51. The van der Waals surface area contributed by atoms with Crippen molar-refractivity contribution in [2.75, 3.05) is 13.7 Å². The lowest BCUT2D eigenvalue weighted by molar-refractivity contribution is 0.0954. The summed E-state index contributed by atoms with van der Waals surface area (Å²) in [7, 11) is 1.63. The maximum absolute atomic E-state index is 12.8. The number of fused-ring (bicyclic) bond motifs is 1. The van der Waals surface area contributed by atoms with Gasteiger partial charge in [-0.15, -0.1) is 11.3 Å². The minimum absolute atomic E-state index is 0.159. The summed E-state index contributed by atoms with van der Waals surface area (Å²) in [6.07, 6.45) is 0.628. The molecule has 0 fully saturated rings. The van der Waals surface area contributed by atoms with E-state index in [1.165, 1.54) is 0 Å². The highest BCUT2D eigenvalue weighted by Crippen LogP contribution is 2.40. The molecule has 8 heteroatoms. The van der Waals surface area contributed by atoms with Crippen LogP contribution in [-0.2, 0) is 6.42 Å². The number of amides is 1. The molecule has 5 nitrogen and oxygen atoms in total. The number of aromatic nitrogens is 1. The van der Waals surface area contributed by atoms with Crippen LogP contribution >= 0.6 is 34.5 Å². The second kappa shape index (κ2) is 10.6. The average Bonchev–Trinajstić information content (AvgIpc) is 3.24. The van der Waals surface area contributed by atoms with Gasteiger partial charge in [-0.3, -0.25) is 4.79 Å². The first kappa shape index (κ1) is 24.3. The molecule has 4 aromatic rings. The van der Waals surface area contributed by atoms with Crippen molar-refractivity contribution in [1.29, 1.82) is 0 Å². The second-order valence-electron chi connectivity index (χ2n) is 7.98. The van der Waals surface area contributed by atoms with Crippen LogP contribution in [0.1, 0.15) is 40.7 Å². The zero-order valence-corrected chi connectivity index (χ0v) is 21.4. The SMILES string of the molecule is COc1ccc(Oc2c(Cl)ccc(C(=O)NCCc3nc4ccccc4s3)c2Cl)cc1C(C)C. The van der Waals surface area contributed by atoms with Crippen LogP contribution in [0, 0.1) is 0 Å². The summed E-state index contributed by atoms with van der Waals surface area (Å²) in [6.45, 7) is 4.58. The number of ether oxygens (including phenoxy) is 2. The van der Waals surface area contributed by atoms with Crippen molar-refractivity contribution >= 4 is 50.7 Å². The lowest BCUT2D eigenvalue weighted by Crippen LogP contribution is -2.26. The van der Waals surface area contributed by atoms with Crippen molar-refractivity contribution in [3.05, 3.63) is 80.8 Å². The molecule has 0 aliphatic carbocycles. The molecule has 0 saturated carbocycles. The van der Waals surface area contributed by atoms with Gasteiger partial charge >= 0.3 is 0 Å². The molecule has 0 bridgehead atoms. The Bertz CT molecular complexity index is 1300. The number of halogens is 2. The van der Waals surface area contributed by atoms with E-state index in [9.17, 15) is 4.79 Å². The Morgan fingerprint density at radius 2 is 1.91 bits per heavy atom. The number of para-hydroxylation sites is 1. The van der Waals surface area contributed by atoms with E-state index in [4.69, 9.17) is 32.7 Å². The Hall–Kier alpha value is -2.80. The largest absolute Gasteiger partial charge is 0.496 e. The lowest BCUT2D eigenvalue weighted by Gasteiger charge is -2.16. The van der Waals surface area contributed by atoms with Gasteiger partial charge in [0, 0.05) is 18.5 Å². The Balaban J connectivity index is 1.48. The lowest BCUT2D eigenvalue weighted by atomic mass is 10.0. The molecule has 1 N–H and O–H groups in total. The number of thiazole rings is 1. The zero-order chi connectivity index (χ0) is 24.2. The monoisotopic (exact) mass is 514 g/mol. The first-order chi connectivity index (χ1) is 16.4. The topological polar surface area (TPSA) is 60.5 Å². The van der Waals surface area contributed by atoms with Crippen molar-refractivity contribution in [1.82, 2.24) is 10.3 Å². The third-order valence-corrected chi connectivity index (χ3v) is 7.07. The molecule has 0 atom stereocenters. The highest BCUT2D eigenvalue weighted by atomic mass is 35.5. The summed E-state index contributed by atoms with van der Waals surface area (Å²) >= 11 is 14.6. The van der Waals surface area contributed by atoms with Gasteiger partial charge < -0.3 is 14.8 Å². The Labute approximate surface area is 212 Å². The van der Waals surface area contributed by atoms with E-state index in [1.54, 1.807) is 36.6 Å². The van der Waals surface area contributed by atoms with Crippen molar-refractivity contribution in [3.63, 3.8) is 0 Å². The fourth-order valence-electron chi connectivity index (χ4n) is 3.55. The van der Waals surface area contributed by atoms with E-state index in [-0.39, 0.29) is 22.6 Å². The zero-order valence-electron chi connectivity index (χ0n) is 19.0. The van der Waals surface area contributed by atoms with Gasteiger partial charge in [0.2, 0.25) is 0 Å². The third kappa shape index (κ3) is 5.30. The fraction of sp³-hybridized carbons (Fsp3) is 0.231. The summed E-state index contributed by atoms with van der Waals surface area (Å²) in [5, 5.41) is 4.35. The third-order valence-electron chi connectivity index (χ3n) is 5.30. The van der Waals surface area contributed by atoms with Crippen LogP contribution in [0.25, 0.3) is 10.2 Å². The molecule has 3 aromatic carbocycles. The molecule has 1 heterocycles. The summed E-state index contributed by atoms with van der Waals surface area (Å²) < 4.78 is 12.6. The number of methoxy groups -OCH3 is 1. The molecule has 0 aliphatic heterocycles. The van der Waals surface area contributed by atoms with Crippen molar-refractivity contribution < 1.29 is 14.3 Å². The number of nitrogens with zero attached hydrogens (tertiary/aromatic N) is 1. The molecule has 0 spiro atoms. The van der Waals surface area contributed by atoms with Gasteiger partial charge in [0.15, 0.2) is 5.75 Å². The molecule has 1 amide bonds. The van der Waals surface area contributed by atoms with Gasteiger partial charge in [-0.25, -0.2) is 4.98 Å². The molecule has 0 aliphatic rings. The quantitative estimate of drug-likeness (QED) is 0.264. The molecule has 4 rings (SSSR count). The maximum atomic E-state index is 12.8. The van der Waals surface area contributed by atoms with Crippen LogP contribution in [0.5, 0.6) is 17.2 Å². The minimum Gasteiger partial charge on any atom is -0.496 e. The number of hydrogen-bond acceptors (Lipinski definition) is 5. The van der Waals surface area contributed by atoms with Gasteiger partial charge in [-0.2, -0.15) is 0 Å². The smallest absolute Gasteiger partial charge is 0.252 e. The second-order valence-corrected chi connectivity index (χ2v) is 9.88. The van der Waals surface area contributed by atoms with E-state index in [0.717, 1.165) is 26.5 Å². The van der Waals surface area contributed by atoms with Gasteiger partial charge in [-0.1, -0.05) is 49.2 Å². The average molecular weight is 515 g/mol. The molecule has 34 heavy (non-hydrogen) atoms. The van der Waals surface area contributed by atoms with Gasteiger partial charge in [-0.05, 0) is 48.4 Å². The number of carbonyl (C=O) groups excluding carboxylic acids is 1. The number of nitrogens with one attached hydrogen (secondary N) is 1. The summed E-state index contributed by atoms with van der Waals surface area (Å²) in [6, 6.07) is 16.7. The normalized spacial score (nSPS) is 11.1. The molecular formula is C26H24Cl2N2O3S. The van der Waals surface area contributed by atoms with E-state index in [1.807, 2.05) is 36.4 Å². The number of hydrogen-bond donors (Lipinski definition) is 1. The predicted octanol–water partition coefficient (Wildman–Crippen LogP) is 7.50. The first-order valence-electron chi connectivity index (χ1n) is 10.8. The molecule has 0 radical (unpaired) electrons. The summed E-state index contributed by atoms with van der Waals surface area (Å²) in [5.41, 5.74) is 2.26. The predicted molar refractivity (Wildman–Crippen MR) is 139 cm³/mol. The fourth-order valence-corrected chi connectivity index (χ4v) is 5.05. The van der Waals surface area contributed by atoms with Crippen LogP contribution in [0.2, 0.25) is 10.0 Å². The number of carbonyl (C=O) groups is 1. The Kier molecular flexibility index (Phi) is 7.61. The van der Waals surface area contributed by atoms with Crippen LogP contribution in [0.4, 0.5) is 0 Å². The van der Waals surface area contributed by atoms with Crippen molar-refractivity contribution in [2.24, 2.45) is 0 Å². The van der Waals surface area contributed by atoms with E-state index in [0.29, 0.717) is 29.3 Å². The standard InChI is InChI=1S/C26H24Cl2N2O3S/c1-15(2)18-14-16(8-11-21(18)32-3)33-25-19(27)10-9-17(24(25)28)26(31)29-13-12-23-30-20-6-4-5-7-22(20)34-23/h4-11,14-15H,12-13H2,1-3H3,(H,29,31). The molecule has 0 unspecified atom stereocenters. The van der Waals surface area contributed by atoms with Crippen molar-refractivity contribution in [3.8, 4) is 17.2 Å². The number of rotatable bonds is 8.